The largest absolute Gasteiger partial charge is 0.381 e. The van der Waals surface area contributed by atoms with E-state index in [1.54, 1.807) is 0 Å². The minimum atomic E-state index is 0.101. The summed E-state index contributed by atoms with van der Waals surface area (Å²) in [6, 6.07) is 0. The van der Waals surface area contributed by atoms with Gasteiger partial charge in [0.1, 0.15) is 0 Å². The van der Waals surface area contributed by atoms with Crippen LogP contribution in [-0.2, 0) is 9.47 Å². The van der Waals surface area contributed by atoms with Crippen LogP contribution in [0.5, 0.6) is 0 Å². The molecule has 15 heavy (non-hydrogen) atoms. The zero-order valence-corrected chi connectivity index (χ0v) is 12.3. The van der Waals surface area contributed by atoms with Gasteiger partial charge in [0.15, 0.2) is 0 Å². The molecule has 1 saturated heterocycles. The van der Waals surface area contributed by atoms with Crippen molar-refractivity contribution in [3.05, 3.63) is 0 Å². The maximum Gasteiger partial charge on any atom is 0.0815 e. The van der Waals surface area contributed by atoms with Crippen LogP contribution in [0.25, 0.3) is 0 Å². The first kappa shape index (κ1) is 13.7. The Labute approximate surface area is 107 Å². The zero-order chi connectivity index (χ0) is 11.4. The SMILES string of the molecule is CC(C)(C)CCOC1(CI)CCOCC1. The second-order valence-electron chi connectivity index (χ2n) is 5.59. The fraction of sp³-hybridized carbons (Fsp3) is 1.00. The van der Waals surface area contributed by atoms with Gasteiger partial charge in [0.05, 0.1) is 5.60 Å². The lowest BCUT2D eigenvalue weighted by Gasteiger charge is -2.36. The summed E-state index contributed by atoms with van der Waals surface area (Å²) in [6.07, 6.45) is 3.24. The first-order valence-corrected chi connectivity index (χ1v) is 7.28. The molecule has 1 aliphatic rings. The second-order valence-corrected chi connectivity index (χ2v) is 6.35. The van der Waals surface area contributed by atoms with Crippen LogP contribution in [0.4, 0.5) is 0 Å². The zero-order valence-electron chi connectivity index (χ0n) is 10.1. The van der Waals surface area contributed by atoms with Gasteiger partial charge < -0.3 is 9.47 Å². The molecule has 2 nitrogen and oxygen atoms in total. The Balaban J connectivity index is 2.33. The van der Waals surface area contributed by atoms with Gasteiger partial charge in [0.2, 0.25) is 0 Å². The van der Waals surface area contributed by atoms with Crippen molar-refractivity contribution in [2.45, 2.75) is 45.6 Å². The molecule has 90 valence electrons. The van der Waals surface area contributed by atoms with Gasteiger partial charge in [0.25, 0.3) is 0 Å². The van der Waals surface area contributed by atoms with Crippen molar-refractivity contribution in [2.75, 3.05) is 24.2 Å². The third-order valence-corrected chi connectivity index (χ3v) is 4.30. The summed E-state index contributed by atoms with van der Waals surface area (Å²) in [7, 11) is 0. The smallest absolute Gasteiger partial charge is 0.0815 e. The van der Waals surface area contributed by atoms with E-state index in [1.807, 2.05) is 0 Å². The quantitative estimate of drug-likeness (QED) is 0.582. The van der Waals surface area contributed by atoms with Crippen LogP contribution in [0.1, 0.15) is 40.0 Å². The average Bonchev–Trinajstić information content (AvgIpc) is 2.17. The molecule has 0 radical (unpaired) electrons. The fourth-order valence-corrected chi connectivity index (χ4v) is 2.62. The van der Waals surface area contributed by atoms with E-state index in [0.717, 1.165) is 43.5 Å². The Bertz CT molecular complexity index is 181. The summed E-state index contributed by atoms with van der Waals surface area (Å²) >= 11 is 2.44. The molecule has 0 saturated carbocycles. The molecular weight excluding hydrogens is 303 g/mol. The van der Waals surface area contributed by atoms with Gasteiger partial charge in [-0.2, -0.15) is 0 Å². The molecule has 1 aliphatic heterocycles. The van der Waals surface area contributed by atoms with E-state index in [1.165, 1.54) is 0 Å². The third-order valence-electron chi connectivity index (χ3n) is 2.91. The topological polar surface area (TPSA) is 18.5 Å². The molecule has 0 spiro atoms. The monoisotopic (exact) mass is 326 g/mol. The van der Waals surface area contributed by atoms with Crippen molar-refractivity contribution < 1.29 is 9.47 Å². The predicted octanol–water partition coefficient (Wildman–Crippen LogP) is 3.42. The second kappa shape index (κ2) is 5.82. The van der Waals surface area contributed by atoms with Crippen molar-refractivity contribution in [3.63, 3.8) is 0 Å². The van der Waals surface area contributed by atoms with Crippen LogP contribution in [0.15, 0.2) is 0 Å². The van der Waals surface area contributed by atoms with E-state index in [-0.39, 0.29) is 5.60 Å². The van der Waals surface area contributed by atoms with Crippen LogP contribution >= 0.6 is 22.6 Å². The van der Waals surface area contributed by atoms with E-state index >= 15 is 0 Å². The van der Waals surface area contributed by atoms with Crippen molar-refractivity contribution >= 4 is 22.6 Å². The number of alkyl halides is 1. The molecular formula is C12H23IO2. The first-order chi connectivity index (χ1) is 6.97. The molecule has 0 amide bonds. The van der Waals surface area contributed by atoms with Gasteiger partial charge in [0, 0.05) is 37.1 Å². The highest BCUT2D eigenvalue weighted by molar-refractivity contribution is 14.1. The normalized spacial score (nSPS) is 21.6. The maximum atomic E-state index is 6.11. The summed E-state index contributed by atoms with van der Waals surface area (Å²) in [4.78, 5) is 0. The summed E-state index contributed by atoms with van der Waals surface area (Å²) in [6.45, 7) is 9.38. The number of hydrogen-bond acceptors (Lipinski definition) is 2. The molecule has 0 aromatic heterocycles. The Hall–Kier alpha value is 0.650. The van der Waals surface area contributed by atoms with Gasteiger partial charge in [-0.1, -0.05) is 43.4 Å². The first-order valence-electron chi connectivity index (χ1n) is 5.75. The van der Waals surface area contributed by atoms with E-state index in [0.29, 0.717) is 5.41 Å². The fourth-order valence-electron chi connectivity index (χ4n) is 1.63. The van der Waals surface area contributed by atoms with Crippen molar-refractivity contribution in [1.82, 2.24) is 0 Å². The molecule has 1 fully saturated rings. The Kier molecular flexibility index (Phi) is 5.32. The Morgan fingerprint density at radius 3 is 2.33 bits per heavy atom. The highest BCUT2D eigenvalue weighted by atomic mass is 127. The van der Waals surface area contributed by atoms with Crippen molar-refractivity contribution in [3.8, 4) is 0 Å². The highest BCUT2D eigenvalue weighted by Crippen LogP contribution is 2.29. The maximum absolute atomic E-state index is 6.11. The van der Waals surface area contributed by atoms with Crippen LogP contribution in [0, 0.1) is 5.41 Å². The molecule has 0 N–H and O–H groups in total. The molecule has 0 unspecified atom stereocenters. The highest BCUT2D eigenvalue weighted by Gasteiger charge is 2.32. The van der Waals surface area contributed by atoms with Crippen molar-refractivity contribution in [2.24, 2.45) is 5.41 Å². The standard InChI is InChI=1S/C12H23IO2/c1-11(2,3)4-9-15-12(10-13)5-7-14-8-6-12/h4-10H2,1-3H3. The Morgan fingerprint density at radius 1 is 1.27 bits per heavy atom. The van der Waals surface area contributed by atoms with Gasteiger partial charge in [-0.3, -0.25) is 0 Å². The molecule has 0 aromatic carbocycles. The average molecular weight is 326 g/mol. The molecule has 3 heteroatoms. The minimum absolute atomic E-state index is 0.101. The van der Waals surface area contributed by atoms with E-state index < -0.39 is 0 Å². The number of halogens is 1. The summed E-state index contributed by atoms with van der Waals surface area (Å²) in [5.74, 6) is 0. The molecule has 0 aliphatic carbocycles. The van der Waals surface area contributed by atoms with E-state index in [9.17, 15) is 0 Å². The number of rotatable bonds is 4. The molecule has 0 aromatic rings. The summed E-state index contributed by atoms with van der Waals surface area (Å²) in [5, 5.41) is 0. The van der Waals surface area contributed by atoms with Crippen molar-refractivity contribution in [1.29, 1.82) is 0 Å². The predicted molar refractivity (Wildman–Crippen MR) is 71.7 cm³/mol. The lowest BCUT2D eigenvalue weighted by molar-refractivity contribution is -0.0987. The van der Waals surface area contributed by atoms with Gasteiger partial charge >= 0.3 is 0 Å². The molecule has 0 bridgehead atoms. The molecule has 0 atom stereocenters. The molecule has 1 rings (SSSR count). The third kappa shape index (κ3) is 5.00. The lowest BCUT2D eigenvalue weighted by atomic mass is 9.92. The summed E-state index contributed by atoms with van der Waals surface area (Å²) < 4.78 is 12.6. The summed E-state index contributed by atoms with van der Waals surface area (Å²) in [5.41, 5.74) is 0.474. The minimum Gasteiger partial charge on any atom is -0.381 e. The number of hydrogen-bond donors (Lipinski definition) is 0. The van der Waals surface area contributed by atoms with Crippen LogP contribution < -0.4 is 0 Å². The lowest BCUT2D eigenvalue weighted by Crippen LogP contribution is -2.41. The molecule has 1 heterocycles. The Morgan fingerprint density at radius 2 is 1.87 bits per heavy atom. The van der Waals surface area contributed by atoms with Gasteiger partial charge in [-0.15, -0.1) is 0 Å². The number of ether oxygens (including phenoxy) is 2. The van der Waals surface area contributed by atoms with Gasteiger partial charge in [-0.05, 0) is 11.8 Å². The van der Waals surface area contributed by atoms with Crippen LogP contribution in [0.3, 0.4) is 0 Å². The van der Waals surface area contributed by atoms with Gasteiger partial charge in [-0.25, -0.2) is 0 Å². The van der Waals surface area contributed by atoms with E-state index in [4.69, 9.17) is 9.47 Å². The van der Waals surface area contributed by atoms with E-state index in [2.05, 4.69) is 43.4 Å². The van der Waals surface area contributed by atoms with Crippen LogP contribution in [-0.4, -0.2) is 29.8 Å². The van der Waals surface area contributed by atoms with Crippen LogP contribution in [0.2, 0.25) is 0 Å².